The standard InChI is InChI=1S/C16H23N3O.ClH/c17-15-6-3-8-18(11-15)12-16(20)19-9-7-13-4-1-2-5-14(13)10-19;/h1-2,4-5,15H,3,6-12,17H2;1H. The van der Waals surface area contributed by atoms with Crippen LogP contribution in [0.2, 0.25) is 0 Å². The lowest BCUT2D eigenvalue weighted by Crippen LogP contribution is -2.48. The van der Waals surface area contributed by atoms with Crippen molar-refractivity contribution in [2.24, 2.45) is 5.73 Å². The quantitative estimate of drug-likeness (QED) is 0.899. The number of amides is 1. The molecule has 0 saturated carbocycles. The average molecular weight is 310 g/mol. The minimum absolute atomic E-state index is 0. The van der Waals surface area contributed by atoms with Crippen LogP contribution in [-0.4, -0.2) is 47.9 Å². The number of likely N-dealkylation sites (tertiary alicyclic amines) is 1. The summed E-state index contributed by atoms with van der Waals surface area (Å²) in [6, 6.07) is 8.66. The summed E-state index contributed by atoms with van der Waals surface area (Å²) in [5.41, 5.74) is 8.66. The van der Waals surface area contributed by atoms with Gasteiger partial charge in [-0.15, -0.1) is 12.4 Å². The Hall–Kier alpha value is -1.10. The van der Waals surface area contributed by atoms with Crippen LogP contribution in [0.5, 0.6) is 0 Å². The Balaban J connectivity index is 0.00000161. The molecular weight excluding hydrogens is 286 g/mol. The highest BCUT2D eigenvalue weighted by Gasteiger charge is 2.24. The maximum absolute atomic E-state index is 12.4. The molecule has 2 N–H and O–H groups in total. The fraction of sp³-hybridized carbons (Fsp3) is 0.562. The number of halogens is 1. The zero-order valence-electron chi connectivity index (χ0n) is 12.3. The second kappa shape index (κ2) is 7.25. The maximum Gasteiger partial charge on any atom is 0.237 e. The van der Waals surface area contributed by atoms with Crippen molar-refractivity contribution in [2.45, 2.75) is 31.8 Å². The molecule has 0 bridgehead atoms. The summed E-state index contributed by atoms with van der Waals surface area (Å²) < 4.78 is 0. The molecule has 0 aromatic heterocycles. The summed E-state index contributed by atoms with van der Waals surface area (Å²) in [7, 11) is 0. The van der Waals surface area contributed by atoms with Crippen molar-refractivity contribution < 1.29 is 4.79 Å². The summed E-state index contributed by atoms with van der Waals surface area (Å²) in [6.07, 6.45) is 3.17. The molecule has 2 aliphatic rings. The van der Waals surface area contributed by atoms with Crippen LogP contribution in [-0.2, 0) is 17.8 Å². The van der Waals surface area contributed by atoms with Crippen molar-refractivity contribution >= 4 is 18.3 Å². The van der Waals surface area contributed by atoms with E-state index in [-0.39, 0.29) is 24.4 Å². The van der Waals surface area contributed by atoms with Gasteiger partial charge in [0.25, 0.3) is 0 Å². The predicted octanol–water partition coefficient (Wildman–Crippen LogP) is 1.42. The average Bonchev–Trinajstić information content (AvgIpc) is 2.47. The van der Waals surface area contributed by atoms with E-state index in [2.05, 4.69) is 29.2 Å². The molecule has 2 heterocycles. The van der Waals surface area contributed by atoms with Crippen molar-refractivity contribution in [1.82, 2.24) is 9.80 Å². The zero-order chi connectivity index (χ0) is 13.9. The van der Waals surface area contributed by atoms with Crippen molar-refractivity contribution in [3.8, 4) is 0 Å². The third kappa shape index (κ3) is 3.96. The molecule has 0 spiro atoms. The van der Waals surface area contributed by atoms with E-state index >= 15 is 0 Å². The van der Waals surface area contributed by atoms with Gasteiger partial charge < -0.3 is 10.6 Å². The number of piperidine rings is 1. The van der Waals surface area contributed by atoms with Crippen LogP contribution in [0.1, 0.15) is 24.0 Å². The first-order valence-electron chi connectivity index (χ1n) is 7.55. The molecule has 1 atom stereocenters. The zero-order valence-corrected chi connectivity index (χ0v) is 13.1. The molecule has 1 aromatic rings. The van der Waals surface area contributed by atoms with E-state index in [0.717, 1.165) is 45.4 Å². The van der Waals surface area contributed by atoms with Crippen molar-refractivity contribution in [3.05, 3.63) is 35.4 Å². The summed E-state index contributed by atoms with van der Waals surface area (Å²) in [4.78, 5) is 16.6. The monoisotopic (exact) mass is 309 g/mol. The van der Waals surface area contributed by atoms with Crippen LogP contribution in [0, 0.1) is 0 Å². The van der Waals surface area contributed by atoms with Crippen LogP contribution in [0.4, 0.5) is 0 Å². The van der Waals surface area contributed by atoms with Gasteiger partial charge in [0.1, 0.15) is 0 Å². The van der Waals surface area contributed by atoms with E-state index in [0.29, 0.717) is 6.54 Å². The van der Waals surface area contributed by atoms with Gasteiger partial charge in [0.05, 0.1) is 6.54 Å². The minimum Gasteiger partial charge on any atom is -0.337 e. The number of benzene rings is 1. The van der Waals surface area contributed by atoms with E-state index in [4.69, 9.17) is 5.73 Å². The summed E-state index contributed by atoms with van der Waals surface area (Å²) in [5.74, 6) is 0.244. The summed E-state index contributed by atoms with van der Waals surface area (Å²) >= 11 is 0. The Kier molecular flexibility index (Phi) is 5.62. The Labute approximate surface area is 132 Å². The summed E-state index contributed by atoms with van der Waals surface area (Å²) in [6.45, 7) is 3.99. The molecule has 21 heavy (non-hydrogen) atoms. The fourth-order valence-corrected chi connectivity index (χ4v) is 3.23. The smallest absolute Gasteiger partial charge is 0.237 e. The van der Waals surface area contributed by atoms with E-state index in [1.54, 1.807) is 0 Å². The third-order valence-electron chi connectivity index (χ3n) is 4.38. The Morgan fingerprint density at radius 1 is 1.24 bits per heavy atom. The van der Waals surface area contributed by atoms with E-state index in [9.17, 15) is 4.79 Å². The van der Waals surface area contributed by atoms with Gasteiger partial charge in [-0.05, 0) is 36.9 Å². The second-order valence-electron chi connectivity index (χ2n) is 5.97. The van der Waals surface area contributed by atoms with Crippen molar-refractivity contribution in [3.63, 3.8) is 0 Å². The molecule has 0 radical (unpaired) electrons. The van der Waals surface area contributed by atoms with Crippen molar-refractivity contribution in [1.29, 1.82) is 0 Å². The number of rotatable bonds is 2. The number of nitrogens with two attached hydrogens (primary N) is 1. The molecule has 3 rings (SSSR count). The molecule has 1 fully saturated rings. The van der Waals surface area contributed by atoms with E-state index in [1.807, 2.05) is 4.90 Å². The molecule has 4 nitrogen and oxygen atoms in total. The molecular formula is C16H24ClN3O. The highest BCUT2D eigenvalue weighted by molar-refractivity contribution is 5.85. The van der Waals surface area contributed by atoms with Gasteiger partial charge in [-0.1, -0.05) is 24.3 Å². The van der Waals surface area contributed by atoms with Gasteiger partial charge in [-0.3, -0.25) is 9.69 Å². The lowest BCUT2D eigenvalue weighted by molar-refractivity contribution is -0.133. The molecule has 1 aromatic carbocycles. The van der Waals surface area contributed by atoms with Crippen LogP contribution in [0.25, 0.3) is 0 Å². The van der Waals surface area contributed by atoms with E-state index < -0.39 is 0 Å². The number of hydrogen-bond donors (Lipinski definition) is 1. The number of fused-ring (bicyclic) bond motifs is 1. The van der Waals surface area contributed by atoms with Gasteiger partial charge in [0.2, 0.25) is 5.91 Å². The fourth-order valence-electron chi connectivity index (χ4n) is 3.23. The molecule has 1 unspecified atom stereocenters. The number of carbonyl (C=O) groups is 1. The minimum atomic E-state index is 0. The maximum atomic E-state index is 12.4. The SMILES string of the molecule is Cl.NC1CCCN(CC(=O)N2CCc3ccccc3C2)C1. The predicted molar refractivity (Wildman–Crippen MR) is 86.5 cm³/mol. The van der Waals surface area contributed by atoms with Crippen LogP contribution in [0.3, 0.4) is 0 Å². The van der Waals surface area contributed by atoms with Crippen LogP contribution < -0.4 is 5.73 Å². The normalized spacial score (nSPS) is 22.3. The van der Waals surface area contributed by atoms with Crippen molar-refractivity contribution in [2.75, 3.05) is 26.2 Å². The Morgan fingerprint density at radius 3 is 2.76 bits per heavy atom. The van der Waals surface area contributed by atoms with Gasteiger partial charge in [-0.2, -0.15) is 0 Å². The topological polar surface area (TPSA) is 49.6 Å². The van der Waals surface area contributed by atoms with Crippen LogP contribution >= 0.6 is 12.4 Å². The first-order chi connectivity index (χ1) is 9.72. The molecule has 1 saturated heterocycles. The van der Waals surface area contributed by atoms with Gasteiger partial charge in [0, 0.05) is 25.7 Å². The lowest BCUT2D eigenvalue weighted by atomic mass is 10.00. The second-order valence-corrected chi connectivity index (χ2v) is 5.97. The number of hydrogen-bond acceptors (Lipinski definition) is 3. The Bertz CT molecular complexity index is 494. The lowest BCUT2D eigenvalue weighted by Gasteiger charge is -2.34. The molecule has 2 aliphatic heterocycles. The molecule has 0 aliphatic carbocycles. The van der Waals surface area contributed by atoms with Gasteiger partial charge in [-0.25, -0.2) is 0 Å². The number of nitrogens with zero attached hydrogens (tertiary/aromatic N) is 2. The first kappa shape index (κ1) is 16.3. The largest absolute Gasteiger partial charge is 0.337 e. The van der Waals surface area contributed by atoms with Gasteiger partial charge >= 0.3 is 0 Å². The van der Waals surface area contributed by atoms with E-state index in [1.165, 1.54) is 11.1 Å². The molecule has 116 valence electrons. The third-order valence-corrected chi connectivity index (χ3v) is 4.38. The molecule has 1 amide bonds. The van der Waals surface area contributed by atoms with Crippen LogP contribution in [0.15, 0.2) is 24.3 Å². The number of carbonyl (C=O) groups excluding carboxylic acids is 1. The molecule has 5 heteroatoms. The summed E-state index contributed by atoms with van der Waals surface area (Å²) in [5, 5.41) is 0. The first-order valence-corrected chi connectivity index (χ1v) is 7.55. The Morgan fingerprint density at radius 2 is 2.00 bits per heavy atom. The highest BCUT2D eigenvalue weighted by Crippen LogP contribution is 2.19. The highest BCUT2D eigenvalue weighted by atomic mass is 35.5. The van der Waals surface area contributed by atoms with Gasteiger partial charge in [0.15, 0.2) is 0 Å².